The summed E-state index contributed by atoms with van der Waals surface area (Å²) in [6.07, 6.45) is -0.00661. The van der Waals surface area contributed by atoms with Crippen LogP contribution in [0.15, 0.2) is 59.6 Å². The first-order valence-corrected chi connectivity index (χ1v) is 9.69. The van der Waals surface area contributed by atoms with E-state index in [-0.39, 0.29) is 6.10 Å². The molecule has 0 aliphatic heterocycles. The Morgan fingerprint density at radius 3 is 2.39 bits per heavy atom. The number of aliphatic imine (C=N–C) groups is 1. The number of hydrogen-bond donors (Lipinski definition) is 3. The van der Waals surface area contributed by atoms with E-state index in [4.69, 9.17) is 9.47 Å². The lowest BCUT2D eigenvalue weighted by molar-refractivity contribution is 0.168. The Labute approximate surface area is 167 Å². The molecule has 0 saturated heterocycles. The van der Waals surface area contributed by atoms with Crippen molar-refractivity contribution in [1.82, 2.24) is 10.6 Å². The van der Waals surface area contributed by atoms with E-state index in [1.165, 1.54) is 0 Å². The summed E-state index contributed by atoms with van der Waals surface area (Å²) in [5.74, 6) is 2.12. The van der Waals surface area contributed by atoms with Crippen molar-refractivity contribution in [3.05, 3.63) is 60.2 Å². The van der Waals surface area contributed by atoms with Gasteiger partial charge in [-0.1, -0.05) is 42.5 Å². The molecule has 2 aromatic rings. The normalized spacial score (nSPS) is 13.5. The van der Waals surface area contributed by atoms with Gasteiger partial charge in [-0.2, -0.15) is 0 Å². The van der Waals surface area contributed by atoms with E-state index in [1.54, 1.807) is 7.11 Å². The highest BCUT2D eigenvalue weighted by molar-refractivity contribution is 5.79. The zero-order valence-electron chi connectivity index (χ0n) is 16.9. The molecule has 0 amide bonds. The summed E-state index contributed by atoms with van der Waals surface area (Å²) in [6, 6.07) is 17.2. The summed E-state index contributed by atoms with van der Waals surface area (Å²) in [4.78, 5) is 4.58. The van der Waals surface area contributed by atoms with Gasteiger partial charge in [0.1, 0.15) is 6.10 Å². The predicted octanol–water partition coefficient (Wildman–Crippen LogP) is 3.14. The number of nitrogens with one attached hydrogen (secondary N) is 2. The van der Waals surface area contributed by atoms with Crippen LogP contribution < -0.4 is 20.1 Å². The Balaban J connectivity index is 1.83. The minimum atomic E-state index is -0.496. The van der Waals surface area contributed by atoms with E-state index in [2.05, 4.69) is 15.6 Å². The van der Waals surface area contributed by atoms with Gasteiger partial charge >= 0.3 is 0 Å². The number of aliphatic hydroxyl groups is 1. The lowest BCUT2D eigenvalue weighted by Gasteiger charge is -2.17. The van der Waals surface area contributed by atoms with Gasteiger partial charge in [-0.15, -0.1) is 0 Å². The van der Waals surface area contributed by atoms with Crippen molar-refractivity contribution in [3.8, 4) is 11.5 Å². The lowest BCUT2D eigenvalue weighted by atomic mass is 10.1. The molecule has 6 heteroatoms. The fourth-order valence-electron chi connectivity index (χ4n) is 2.70. The maximum atomic E-state index is 10.3. The molecule has 28 heavy (non-hydrogen) atoms. The van der Waals surface area contributed by atoms with E-state index in [0.29, 0.717) is 37.0 Å². The van der Waals surface area contributed by atoms with Crippen molar-refractivity contribution < 1.29 is 14.6 Å². The van der Waals surface area contributed by atoms with Crippen molar-refractivity contribution in [2.45, 2.75) is 32.5 Å². The summed E-state index contributed by atoms with van der Waals surface area (Å²) in [5, 5.41) is 16.7. The average Bonchev–Trinajstić information content (AvgIpc) is 2.73. The molecule has 0 spiro atoms. The summed E-state index contributed by atoms with van der Waals surface area (Å²) in [5.41, 5.74) is 0.921. The standard InChI is InChI=1S/C22H31N3O3/c1-4-23-22(24-15-14-19(26)18-10-6-5-7-11-18)25-16-17(2)28-21-13-9-8-12-20(21)27-3/h5-13,17,19,26H,4,14-16H2,1-3H3,(H2,23,24,25). The van der Waals surface area contributed by atoms with Crippen LogP contribution in [0.5, 0.6) is 11.5 Å². The van der Waals surface area contributed by atoms with Crippen molar-refractivity contribution in [2.24, 2.45) is 4.99 Å². The monoisotopic (exact) mass is 385 g/mol. The second-order valence-corrected chi connectivity index (χ2v) is 6.44. The Bertz CT molecular complexity index is 722. The fraction of sp³-hybridized carbons (Fsp3) is 0.409. The molecule has 0 fully saturated rings. The second-order valence-electron chi connectivity index (χ2n) is 6.44. The van der Waals surface area contributed by atoms with E-state index >= 15 is 0 Å². The van der Waals surface area contributed by atoms with E-state index in [9.17, 15) is 5.11 Å². The van der Waals surface area contributed by atoms with E-state index in [0.717, 1.165) is 12.1 Å². The van der Waals surface area contributed by atoms with Crippen LogP contribution in [0.2, 0.25) is 0 Å². The van der Waals surface area contributed by atoms with Gasteiger partial charge in [0.05, 0.1) is 19.8 Å². The fourth-order valence-corrected chi connectivity index (χ4v) is 2.70. The molecular formula is C22H31N3O3. The third-order valence-electron chi connectivity index (χ3n) is 4.14. The number of para-hydroxylation sites is 2. The van der Waals surface area contributed by atoms with Gasteiger partial charge in [-0.05, 0) is 38.0 Å². The molecular weight excluding hydrogens is 354 g/mol. The van der Waals surface area contributed by atoms with Crippen molar-refractivity contribution >= 4 is 5.96 Å². The molecule has 0 aliphatic rings. The highest BCUT2D eigenvalue weighted by atomic mass is 16.5. The van der Waals surface area contributed by atoms with Crippen LogP contribution in [0.1, 0.15) is 31.9 Å². The number of benzene rings is 2. The molecule has 0 aromatic heterocycles. The van der Waals surface area contributed by atoms with Crippen molar-refractivity contribution in [3.63, 3.8) is 0 Å². The molecule has 0 saturated carbocycles. The molecule has 2 aromatic carbocycles. The Morgan fingerprint density at radius 2 is 1.71 bits per heavy atom. The largest absolute Gasteiger partial charge is 0.493 e. The molecule has 2 rings (SSSR count). The minimum Gasteiger partial charge on any atom is -0.493 e. The SMILES string of the molecule is CCNC(=NCC(C)Oc1ccccc1OC)NCCC(O)c1ccccc1. The first kappa shape index (κ1) is 21.6. The zero-order chi connectivity index (χ0) is 20.2. The van der Waals surface area contributed by atoms with Gasteiger partial charge in [-0.25, -0.2) is 4.99 Å². The number of nitrogens with zero attached hydrogens (tertiary/aromatic N) is 1. The number of rotatable bonds is 10. The highest BCUT2D eigenvalue weighted by Gasteiger charge is 2.10. The van der Waals surface area contributed by atoms with Crippen LogP contribution in [-0.2, 0) is 0 Å². The zero-order valence-corrected chi connectivity index (χ0v) is 16.9. The van der Waals surface area contributed by atoms with Gasteiger partial charge in [0, 0.05) is 13.1 Å². The average molecular weight is 386 g/mol. The second kappa shape index (κ2) is 11.9. The Hall–Kier alpha value is -2.73. The molecule has 6 nitrogen and oxygen atoms in total. The molecule has 0 heterocycles. The number of guanidine groups is 1. The first-order valence-electron chi connectivity index (χ1n) is 9.69. The third kappa shape index (κ3) is 7.12. The third-order valence-corrected chi connectivity index (χ3v) is 4.14. The van der Waals surface area contributed by atoms with Crippen LogP contribution in [0.25, 0.3) is 0 Å². The van der Waals surface area contributed by atoms with Crippen molar-refractivity contribution in [2.75, 3.05) is 26.7 Å². The molecule has 0 radical (unpaired) electrons. The molecule has 3 N–H and O–H groups in total. The number of ether oxygens (including phenoxy) is 2. The minimum absolute atomic E-state index is 0.110. The maximum Gasteiger partial charge on any atom is 0.191 e. The van der Waals surface area contributed by atoms with E-state index < -0.39 is 6.10 Å². The molecule has 152 valence electrons. The van der Waals surface area contributed by atoms with E-state index in [1.807, 2.05) is 68.4 Å². The molecule has 2 atom stereocenters. The van der Waals surface area contributed by atoms with Gasteiger partial charge in [0.2, 0.25) is 0 Å². The lowest BCUT2D eigenvalue weighted by Crippen LogP contribution is -2.39. The molecule has 2 unspecified atom stereocenters. The van der Waals surface area contributed by atoms with Crippen LogP contribution in [-0.4, -0.2) is 43.9 Å². The number of aliphatic hydroxyl groups excluding tert-OH is 1. The van der Waals surface area contributed by atoms with Crippen LogP contribution in [0, 0.1) is 0 Å². The highest BCUT2D eigenvalue weighted by Crippen LogP contribution is 2.26. The van der Waals surface area contributed by atoms with Gasteiger partial charge in [0.15, 0.2) is 17.5 Å². The molecule has 0 aliphatic carbocycles. The summed E-state index contributed by atoms with van der Waals surface area (Å²) >= 11 is 0. The van der Waals surface area contributed by atoms with Gasteiger partial charge < -0.3 is 25.2 Å². The quantitative estimate of drug-likeness (QED) is 0.433. The summed E-state index contributed by atoms with van der Waals surface area (Å²) in [6.45, 7) is 5.86. The number of hydrogen-bond acceptors (Lipinski definition) is 4. The van der Waals surface area contributed by atoms with Crippen LogP contribution in [0.3, 0.4) is 0 Å². The Morgan fingerprint density at radius 1 is 1.04 bits per heavy atom. The topological polar surface area (TPSA) is 75.1 Å². The summed E-state index contributed by atoms with van der Waals surface area (Å²) in [7, 11) is 1.63. The van der Waals surface area contributed by atoms with Gasteiger partial charge in [-0.3, -0.25) is 0 Å². The number of methoxy groups -OCH3 is 1. The van der Waals surface area contributed by atoms with Crippen LogP contribution >= 0.6 is 0 Å². The predicted molar refractivity (Wildman–Crippen MR) is 113 cm³/mol. The van der Waals surface area contributed by atoms with Crippen LogP contribution in [0.4, 0.5) is 0 Å². The van der Waals surface area contributed by atoms with Crippen molar-refractivity contribution in [1.29, 1.82) is 0 Å². The Kier molecular flexibility index (Phi) is 9.15. The first-order chi connectivity index (χ1) is 13.6. The summed E-state index contributed by atoms with van der Waals surface area (Å²) < 4.78 is 11.3. The maximum absolute atomic E-state index is 10.3. The van der Waals surface area contributed by atoms with Gasteiger partial charge in [0.25, 0.3) is 0 Å². The molecule has 0 bridgehead atoms. The smallest absolute Gasteiger partial charge is 0.191 e.